The number of fused-ring (bicyclic) bond motifs is 1. The zero-order valence-corrected chi connectivity index (χ0v) is 14.2. The molecule has 9 heteroatoms. The molecule has 26 heavy (non-hydrogen) atoms. The Hall–Kier alpha value is -3.07. The van der Waals surface area contributed by atoms with Gasteiger partial charge in [0, 0.05) is 24.2 Å². The second-order valence-electron chi connectivity index (χ2n) is 5.91. The Morgan fingerprint density at radius 1 is 1.19 bits per heavy atom. The number of hydrogen-bond acceptors (Lipinski definition) is 8. The molecular weight excluding hydrogens is 358 g/mol. The van der Waals surface area contributed by atoms with Crippen molar-refractivity contribution < 1.29 is 19.2 Å². The summed E-state index contributed by atoms with van der Waals surface area (Å²) in [6.45, 7) is 0. The van der Waals surface area contributed by atoms with E-state index in [2.05, 4.69) is 9.97 Å². The van der Waals surface area contributed by atoms with Crippen LogP contribution in [0.5, 0.6) is 5.75 Å². The lowest BCUT2D eigenvalue weighted by Gasteiger charge is -2.33. The van der Waals surface area contributed by atoms with Crippen LogP contribution < -0.4 is 4.74 Å². The van der Waals surface area contributed by atoms with Gasteiger partial charge in [-0.25, -0.2) is 9.78 Å². The Labute approximate surface area is 151 Å². The number of hydrogen-bond donors (Lipinski definition) is 0. The maximum Gasteiger partial charge on any atom is 0.514 e. The Balaban J connectivity index is 1.31. The Morgan fingerprint density at radius 3 is 2.69 bits per heavy atom. The van der Waals surface area contributed by atoms with Crippen LogP contribution in [-0.4, -0.2) is 27.2 Å². The fourth-order valence-corrected chi connectivity index (χ4v) is 3.57. The molecule has 0 amide bonds. The van der Waals surface area contributed by atoms with E-state index in [1.807, 2.05) is 6.07 Å². The third kappa shape index (κ3) is 3.21. The summed E-state index contributed by atoms with van der Waals surface area (Å²) in [6.07, 6.45) is 2.05. The topological polar surface area (TPSA) is 104 Å². The summed E-state index contributed by atoms with van der Waals surface area (Å²) in [5.74, 6) is 0.406. The Morgan fingerprint density at radius 2 is 1.96 bits per heavy atom. The Bertz CT molecular complexity index is 966. The minimum Gasteiger partial charge on any atom is -0.431 e. The van der Waals surface area contributed by atoms with Crippen LogP contribution in [-0.2, 0) is 4.74 Å². The highest BCUT2D eigenvalue weighted by molar-refractivity contribution is 7.16. The third-order valence-electron chi connectivity index (χ3n) is 4.27. The second kappa shape index (κ2) is 6.68. The number of carbonyl (C=O) groups excluding carboxylic acids is 1. The van der Waals surface area contributed by atoms with Gasteiger partial charge in [0.25, 0.3) is 5.69 Å². The van der Waals surface area contributed by atoms with Crippen LogP contribution in [0.3, 0.4) is 0 Å². The number of rotatable bonds is 4. The van der Waals surface area contributed by atoms with E-state index < -0.39 is 11.1 Å². The largest absolute Gasteiger partial charge is 0.514 e. The quantitative estimate of drug-likeness (QED) is 0.295. The van der Waals surface area contributed by atoms with Gasteiger partial charge in [-0.05, 0) is 31.0 Å². The summed E-state index contributed by atoms with van der Waals surface area (Å²) >= 11 is 1.57. The van der Waals surface area contributed by atoms with Gasteiger partial charge in [-0.15, -0.1) is 11.3 Å². The van der Waals surface area contributed by atoms with Crippen LogP contribution in [0.1, 0.15) is 24.5 Å². The van der Waals surface area contributed by atoms with Crippen molar-refractivity contribution in [1.82, 2.24) is 9.97 Å². The van der Waals surface area contributed by atoms with Crippen LogP contribution in [0, 0.1) is 10.1 Å². The van der Waals surface area contributed by atoms with Crippen molar-refractivity contribution in [3.63, 3.8) is 0 Å². The van der Waals surface area contributed by atoms with Crippen molar-refractivity contribution in [2.24, 2.45) is 0 Å². The molecule has 1 aromatic carbocycles. The summed E-state index contributed by atoms with van der Waals surface area (Å²) in [6, 6.07) is 7.18. The van der Waals surface area contributed by atoms with Gasteiger partial charge in [0.05, 0.1) is 20.8 Å². The maximum atomic E-state index is 11.8. The van der Waals surface area contributed by atoms with Gasteiger partial charge >= 0.3 is 6.16 Å². The molecule has 0 spiro atoms. The van der Waals surface area contributed by atoms with Gasteiger partial charge in [-0.2, -0.15) is 0 Å². The predicted octanol–water partition coefficient (Wildman–Crippen LogP) is 4.06. The highest BCUT2D eigenvalue weighted by Crippen LogP contribution is 2.40. The van der Waals surface area contributed by atoms with Crippen LogP contribution in [0.2, 0.25) is 0 Å². The molecule has 1 aliphatic carbocycles. The number of ether oxygens (including phenoxy) is 2. The van der Waals surface area contributed by atoms with Gasteiger partial charge < -0.3 is 9.47 Å². The van der Waals surface area contributed by atoms with Crippen molar-refractivity contribution in [1.29, 1.82) is 0 Å². The standard InChI is InChI=1S/C17H13N3O5S/c21-17(24-12-3-1-11(2-4-12)20(22)23)25-13-7-10(8-13)15-16-14(5-6-18-15)26-9-19-16/h1-6,9-10,13H,7-8H2. The van der Waals surface area contributed by atoms with Crippen LogP contribution in [0.25, 0.3) is 10.2 Å². The molecule has 8 nitrogen and oxygen atoms in total. The molecule has 4 rings (SSSR count). The molecule has 2 heterocycles. The minimum absolute atomic E-state index is 0.0729. The molecule has 0 saturated heterocycles. The molecular formula is C17H13N3O5S. The maximum absolute atomic E-state index is 11.8. The number of nitrogens with zero attached hydrogens (tertiary/aromatic N) is 3. The smallest absolute Gasteiger partial charge is 0.431 e. The van der Waals surface area contributed by atoms with Gasteiger partial charge in [-0.3, -0.25) is 15.1 Å². The number of pyridine rings is 1. The van der Waals surface area contributed by atoms with E-state index in [0.717, 1.165) is 15.9 Å². The number of aromatic nitrogens is 2. The van der Waals surface area contributed by atoms with E-state index in [0.29, 0.717) is 12.8 Å². The van der Waals surface area contributed by atoms with E-state index in [1.165, 1.54) is 24.3 Å². The number of non-ortho nitro benzene ring substituents is 1. The molecule has 0 N–H and O–H groups in total. The van der Waals surface area contributed by atoms with E-state index >= 15 is 0 Å². The normalized spacial score (nSPS) is 18.9. The van der Waals surface area contributed by atoms with Crippen LogP contribution >= 0.6 is 11.3 Å². The number of benzene rings is 1. The van der Waals surface area contributed by atoms with Crippen molar-refractivity contribution >= 4 is 33.4 Å². The van der Waals surface area contributed by atoms with Gasteiger partial charge in [0.1, 0.15) is 17.4 Å². The highest BCUT2D eigenvalue weighted by atomic mass is 32.1. The van der Waals surface area contributed by atoms with Gasteiger partial charge in [0.2, 0.25) is 0 Å². The first-order valence-electron chi connectivity index (χ1n) is 7.91. The van der Waals surface area contributed by atoms with E-state index in [4.69, 9.17) is 9.47 Å². The summed E-state index contributed by atoms with van der Waals surface area (Å²) in [5.41, 5.74) is 3.57. The number of carbonyl (C=O) groups is 1. The lowest BCUT2D eigenvalue weighted by Crippen LogP contribution is -2.33. The van der Waals surface area contributed by atoms with Crippen LogP contribution in [0.4, 0.5) is 10.5 Å². The van der Waals surface area contributed by atoms with Crippen molar-refractivity contribution in [2.45, 2.75) is 24.9 Å². The van der Waals surface area contributed by atoms with E-state index in [-0.39, 0.29) is 23.5 Å². The zero-order chi connectivity index (χ0) is 18.1. The zero-order valence-electron chi connectivity index (χ0n) is 13.4. The fourth-order valence-electron chi connectivity index (χ4n) is 2.89. The molecule has 0 unspecified atom stereocenters. The summed E-state index contributed by atoms with van der Waals surface area (Å²) in [7, 11) is 0. The molecule has 1 fully saturated rings. The SMILES string of the molecule is O=C(Oc1ccc([N+](=O)[O-])cc1)OC1CC(c2nccc3scnc23)C1. The lowest BCUT2D eigenvalue weighted by molar-refractivity contribution is -0.384. The lowest BCUT2D eigenvalue weighted by atomic mass is 9.79. The number of nitro benzene ring substituents is 1. The predicted molar refractivity (Wildman–Crippen MR) is 93.4 cm³/mol. The number of thiazole rings is 1. The summed E-state index contributed by atoms with van der Waals surface area (Å²) < 4.78 is 11.4. The average Bonchev–Trinajstić information content (AvgIpc) is 3.07. The van der Waals surface area contributed by atoms with Gasteiger partial charge in [-0.1, -0.05) is 0 Å². The van der Waals surface area contributed by atoms with Crippen molar-refractivity contribution in [3.8, 4) is 5.75 Å². The molecule has 132 valence electrons. The van der Waals surface area contributed by atoms with Crippen molar-refractivity contribution in [3.05, 3.63) is 57.8 Å². The van der Waals surface area contributed by atoms with E-state index in [9.17, 15) is 14.9 Å². The molecule has 1 aliphatic rings. The first-order chi connectivity index (χ1) is 12.6. The monoisotopic (exact) mass is 371 g/mol. The molecule has 3 aromatic rings. The molecule has 2 aromatic heterocycles. The van der Waals surface area contributed by atoms with E-state index in [1.54, 1.807) is 23.0 Å². The molecule has 0 aliphatic heterocycles. The molecule has 0 radical (unpaired) electrons. The molecule has 1 saturated carbocycles. The van der Waals surface area contributed by atoms with Gasteiger partial charge in [0.15, 0.2) is 0 Å². The van der Waals surface area contributed by atoms with Crippen molar-refractivity contribution in [2.75, 3.05) is 0 Å². The molecule has 0 atom stereocenters. The van der Waals surface area contributed by atoms with Crippen LogP contribution in [0.15, 0.2) is 42.0 Å². The molecule has 0 bridgehead atoms. The summed E-state index contributed by atoms with van der Waals surface area (Å²) in [4.78, 5) is 30.7. The summed E-state index contributed by atoms with van der Waals surface area (Å²) in [5, 5.41) is 10.6. The minimum atomic E-state index is -0.817. The third-order valence-corrected chi connectivity index (χ3v) is 5.06. The Kier molecular flexibility index (Phi) is 4.21. The average molecular weight is 371 g/mol. The second-order valence-corrected chi connectivity index (χ2v) is 6.79. The first kappa shape index (κ1) is 16.4. The first-order valence-corrected chi connectivity index (χ1v) is 8.79. The fraction of sp³-hybridized carbons (Fsp3) is 0.235. The highest BCUT2D eigenvalue weighted by Gasteiger charge is 2.36. The number of nitro groups is 1.